The normalized spacial score (nSPS) is 10.1. The van der Waals surface area contributed by atoms with Gasteiger partial charge in [0.25, 0.3) is 5.91 Å². The number of carbonyl (C=O) groups is 1. The highest BCUT2D eigenvalue weighted by Crippen LogP contribution is 2.20. The van der Waals surface area contributed by atoms with Crippen LogP contribution in [0.4, 0.5) is 11.4 Å². The minimum atomic E-state index is -0.193. The summed E-state index contributed by atoms with van der Waals surface area (Å²) in [5.74, 6) is -0.193. The number of benzene rings is 1. The predicted octanol–water partition coefficient (Wildman–Crippen LogP) is 3.24. The van der Waals surface area contributed by atoms with Gasteiger partial charge in [-0.25, -0.2) is 0 Å². The molecule has 1 aromatic heterocycles. The summed E-state index contributed by atoms with van der Waals surface area (Å²) in [5, 5.41) is 6.96. The van der Waals surface area contributed by atoms with Gasteiger partial charge in [0.2, 0.25) is 0 Å². The van der Waals surface area contributed by atoms with E-state index in [-0.39, 0.29) is 5.91 Å². The van der Waals surface area contributed by atoms with Crippen LogP contribution in [0.1, 0.15) is 10.4 Å². The number of amides is 1. The molecule has 0 aliphatic carbocycles. The Hall–Kier alpha value is -1.52. The van der Waals surface area contributed by atoms with Crippen LogP contribution in [0.2, 0.25) is 5.02 Å². The highest BCUT2D eigenvalue weighted by molar-refractivity contribution is 7.08. The monoisotopic (exact) mass is 252 g/mol. The Morgan fingerprint density at radius 2 is 2.19 bits per heavy atom. The number of carbonyl (C=O) groups excluding carboxylic acids is 1. The number of nitrogen functional groups attached to an aromatic ring is 1. The molecule has 82 valence electrons. The molecule has 1 aromatic carbocycles. The number of thiophene rings is 1. The van der Waals surface area contributed by atoms with Gasteiger partial charge >= 0.3 is 0 Å². The highest BCUT2D eigenvalue weighted by Gasteiger charge is 2.07. The molecule has 0 aliphatic heterocycles. The maximum absolute atomic E-state index is 11.8. The molecule has 3 N–H and O–H groups in total. The second-order valence-corrected chi connectivity index (χ2v) is 4.39. The second-order valence-electron chi connectivity index (χ2n) is 3.20. The fourth-order valence-electron chi connectivity index (χ4n) is 1.22. The molecule has 1 heterocycles. The van der Waals surface area contributed by atoms with E-state index in [1.807, 2.05) is 16.8 Å². The predicted molar refractivity (Wildman–Crippen MR) is 68.1 cm³/mol. The Labute approximate surface area is 102 Å². The molecule has 16 heavy (non-hydrogen) atoms. The topological polar surface area (TPSA) is 55.1 Å². The first kappa shape index (κ1) is 11.0. The van der Waals surface area contributed by atoms with E-state index in [0.29, 0.717) is 16.3 Å². The van der Waals surface area contributed by atoms with E-state index in [9.17, 15) is 4.79 Å². The van der Waals surface area contributed by atoms with Crippen molar-refractivity contribution in [3.05, 3.63) is 45.6 Å². The first-order valence-corrected chi connectivity index (χ1v) is 5.87. The Balaban J connectivity index is 2.18. The molecule has 0 unspecified atom stereocenters. The molecule has 0 fully saturated rings. The Kier molecular flexibility index (Phi) is 3.12. The van der Waals surface area contributed by atoms with Crippen LogP contribution >= 0.6 is 22.9 Å². The van der Waals surface area contributed by atoms with Gasteiger partial charge in [-0.05, 0) is 29.6 Å². The fraction of sp³-hybridized carbons (Fsp3) is 0. The van der Waals surface area contributed by atoms with Gasteiger partial charge < -0.3 is 11.1 Å². The SMILES string of the molecule is Nc1cc(C(=O)Nc2ccsc2)ccc1Cl. The van der Waals surface area contributed by atoms with Crippen molar-refractivity contribution < 1.29 is 4.79 Å². The van der Waals surface area contributed by atoms with Crippen LogP contribution in [0.3, 0.4) is 0 Å². The zero-order chi connectivity index (χ0) is 11.5. The lowest BCUT2D eigenvalue weighted by Crippen LogP contribution is -2.11. The van der Waals surface area contributed by atoms with Crippen molar-refractivity contribution in [3.63, 3.8) is 0 Å². The molecular weight excluding hydrogens is 244 g/mol. The van der Waals surface area contributed by atoms with Crippen LogP contribution in [0.15, 0.2) is 35.0 Å². The largest absolute Gasteiger partial charge is 0.398 e. The summed E-state index contributed by atoms with van der Waals surface area (Å²) >= 11 is 7.29. The lowest BCUT2D eigenvalue weighted by atomic mass is 10.2. The Bertz CT molecular complexity index is 511. The molecule has 0 bridgehead atoms. The number of rotatable bonds is 2. The molecule has 0 spiro atoms. The van der Waals surface area contributed by atoms with Crippen molar-refractivity contribution in [2.45, 2.75) is 0 Å². The standard InChI is InChI=1S/C11H9ClN2OS/c12-9-2-1-7(5-10(9)13)11(15)14-8-3-4-16-6-8/h1-6H,13H2,(H,14,15). The van der Waals surface area contributed by atoms with E-state index in [1.54, 1.807) is 18.2 Å². The average molecular weight is 253 g/mol. The Morgan fingerprint density at radius 3 is 2.81 bits per heavy atom. The van der Waals surface area contributed by atoms with Crippen molar-refractivity contribution in [2.24, 2.45) is 0 Å². The number of hydrogen-bond donors (Lipinski definition) is 2. The van der Waals surface area contributed by atoms with Gasteiger partial charge in [0.1, 0.15) is 0 Å². The van der Waals surface area contributed by atoms with Crippen molar-refractivity contribution in [1.82, 2.24) is 0 Å². The summed E-state index contributed by atoms with van der Waals surface area (Å²) in [6, 6.07) is 6.64. The smallest absolute Gasteiger partial charge is 0.255 e. The van der Waals surface area contributed by atoms with Gasteiger partial charge in [-0.2, -0.15) is 11.3 Å². The second kappa shape index (κ2) is 4.55. The van der Waals surface area contributed by atoms with E-state index in [0.717, 1.165) is 5.69 Å². The van der Waals surface area contributed by atoms with Crippen molar-refractivity contribution in [3.8, 4) is 0 Å². The number of hydrogen-bond acceptors (Lipinski definition) is 3. The van der Waals surface area contributed by atoms with Crippen LogP contribution in [0.5, 0.6) is 0 Å². The molecule has 0 radical (unpaired) electrons. The molecule has 2 aromatic rings. The molecule has 2 rings (SSSR count). The summed E-state index contributed by atoms with van der Waals surface area (Å²) in [4.78, 5) is 11.8. The van der Waals surface area contributed by atoms with Crippen LogP contribution < -0.4 is 11.1 Å². The number of nitrogens with two attached hydrogens (primary N) is 1. The molecule has 0 saturated carbocycles. The van der Waals surface area contributed by atoms with Gasteiger partial charge in [-0.1, -0.05) is 11.6 Å². The van der Waals surface area contributed by atoms with E-state index in [1.165, 1.54) is 11.3 Å². The zero-order valence-corrected chi connectivity index (χ0v) is 9.81. The third-order valence-electron chi connectivity index (χ3n) is 2.04. The molecular formula is C11H9ClN2OS. The van der Waals surface area contributed by atoms with Crippen LogP contribution in [0, 0.1) is 0 Å². The molecule has 3 nitrogen and oxygen atoms in total. The first-order valence-electron chi connectivity index (χ1n) is 4.55. The summed E-state index contributed by atoms with van der Waals surface area (Å²) in [6.07, 6.45) is 0. The highest BCUT2D eigenvalue weighted by atomic mass is 35.5. The van der Waals surface area contributed by atoms with Crippen LogP contribution in [-0.2, 0) is 0 Å². The molecule has 5 heteroatoms. The van der Waals surface area contributed by atoms with E-state index < -0.39 is 0 Å². The quantitative estimate of drug-likeness (QED) is 0.807. The lowest BCUT2D eigenvalue weighted by Gasteiger charge is -2.04. The summed E-state index contributed by atoms with van der Waals surface area (Å²) in [6.45, 7) is 0. The van der Waals surface area contributed by atoms with Crippen molar-refractivity contribution in [1.29, 1.82) is 0 Å². The van der Waals surface area contributed by atoms with Crippen LogP contribution in [0.25, 0.3) is 0 Å². The van der Waals surface area contributed by atoms with Crippen LogP contribution in [-0.4, -0.2) is 5.91 Å². The van der Waals surface area contributed by atoms with Gasteiger partial charge in [0.05, 0.1) is 16.4 Å². The Morgan fingerprint density at radius 1 is 1.38 bits per heavy atom. The maximum Gasteiger partial charge on any atom is 0.255 e. The summed E-state index contributed by atoms with van der Waals surface area (Å²) in [5.41, 5.74) is 7.30. The van der Waals surface area contributed by atoms with Gasteiger partial charge in [-0.15, -0.1) is 0 Å². The van der Waals surface area contributed by atoms with Crippen molar-refractivity contribution in [2.75, 3.05) is 11.1 Å². The van der Waals surface area contributed by atoms with Gasteiger partial charge in [-0.3, -0.25) is 4.79 Å². The maximum atomic E-state index is 11.8. The third-order valence-corrected chi connectivity index (χ3v) is 3.06. The minimum absolute atomic E-state index is 0.193. The number of halogens is 1. The number of nitrogens with one attached hydrogen (secondary N) is 1. The minimum Gasteiger partial charge on any atom is -0.398 e. The van der Waals surface area contributed by atoms with E-state index >= 15 is 0 Å². The van der Waals surface area contributed by atoms with E-state index in [2.05, 4.69) is 5.32 Å². The summed E-state index contributed by atoms with van der Waals surface area (Å²) in [7, 11) is 0. The molecule has 0 atom stereocenters. The zero-order valence-electron chi connectivity index (χ0n) is 8.24. The third kappa shape index (κ3) is 2.35. The van der Waals surface area contributed by atoms with Gasteiger partial charge in [0.15, 0.2) is 0 Å². The molecule has 1 amide bonds. The lowest BCUT2D eigenvalue weighted by molar-refractivity contribution is 0.102. The van der Waals surface area contributed by atoms with Crippen molar-refractivity contribution >= 4 is 40.2 Å². The van der Waals surface area contributed by atoms with E-state index in [4.69, 9.17) is 17.3 Å². The fourth-order valence-corrected chi connectivity index (χ4v) is 1.93. The summed E-state index contributed by atoms with van der Waals surface area (Å²) < 4.78 is 0. The average Bonchev–Trinajstić information content (AvgIpc) is 2.74. The molecule has 0 saturated heterocycles. The molecule has 0 aliphatic rings. The first-order chi connectivity index (χ1) is 7.66. The van der Waals surface area contributed by atoms with Gasteiger partial charge in [0, 0.05) is 10.9 Å². The number of anilines is 2.